The number of carbonyl (C=O) groups excluding carboxylic acids is 1. The SMILES string of the molecule is CCC1CC2CC3(CC(C)=O)CC123. The third-order valence-corrected chi connectivity index (χ3v) is 5.24. The van der Waals surface area contributed by atoms with Gasteiger partial charge in [0.15, 0.2) is 0 Å². The van der Waals surface area contributed by atoms with Gasteiger partial charge in [-0.2, -0.15) is 0 Å². The van der Waals surface area contributed by atoms with Crippen LogP contribution in [-0.4, -0.2) is 5.78 Å². The van der Waals surface area contributed by atoms with Crippen LogP contribution in [0.4, 0.5) is 0 Å². The highest BCUT2D eigenvalue weighted by molar-refractivity contribution is 5.77. The lowest BCUT2D eigenvalue weighted by molar-refractivity contribution is -0.129. The molecule has 0 amide bonds. The average Bonchev–Trinajstić information content (AvgIpc) is 2.65. The van der Waals surface area contributed by atoms with Crippen molar-refractivity contribution in [1.82, 2.24) is 0 Å². The molecule has 4 unspecified atom stereocenters. The van der Waals surface area contributed by atoms with E-state index in [0.29, 0.717) is 16.6 Å². The number of rotatable bonds is 3. The highest BCUT2D eigenvalue weighted by atomic mass is 16.1. The van der Waals surface area contributed by atoms with Crippen molar-refractivity contribution in [2.75, 3.05) is 0 Å². The minimum atomic E-state index is 0.414. The number of carbonyl (C=O) groups is 1. The average molecular weight is 178 g/mol. The zero-order valence-corrected chi connectivity index (χ0v) is 8.60. The molecule has 0 radical (unpaired) electrons. The lowest BCUT2D eigenvalue weighted by Crippen LogP contribution is -2.52. The Morgan fingerprint density at radius 1 is 1.54 bits per heavy atom. The van der Waals surface area contributed by atoms with Crippen molar-refractivity contribution >= 4 is 5.78 Å². The maximum absolute atomic E-state index is 11.1. The van der Waals surface area contributed by atoms with Gasteiger partial charge in [-0.1, -0.05) is 13.3 Å². The lowest BCUT2D eigenvalue weighted by Gasteiger charge is -2.58. The number of hydrogen-bond donors (Lipinski definition) is 0. The largest absolute Gasteiger partial charge is 0.300 e. The van der Waals surface area contributed by atoms with Crippen LogP contribution in [0.1, 0.15) is 46.0 Å². The van der Waals surface area contributed by atoms with Gasteiger partial charge in [-0.25, -0.2) is 0 Å². The van der Waals surface area contributed by atoms with E-state index in [1.807, 2.05) is 0 Å². The third kappa shape index (κ3) is 0.660. The smallest absolute Gasteiger partial charge is 0.130 e. The molecule has 0 aliphatic heterocycles. The van der Waals surface area contributed by atoms with Crippen LogP contribution in [0.5, 0.6) is 0 Å². The van der Waals surface area contributed by atoms with Gasteiger partial charge in [0, 0.05) is 6.42 Å². The predicted molar refractivity (Wildman–Crippen MR) is 51.3 cm³/mol. The Balaban J connectivity index is 1.76. The molecule has 72 valence electrons. The summed E-state index contributed by atoms with van der Waals surface area (Å²) in [5.74, 6) is 2.42. The van der Waals surface area contributed by atoms with Crippen LogP contribution in [0.15, 0.2) is 0 Å². The van der Waals surface area contributed by atoms with Crippen molar-refractivity contribution < 1.29 is 4.79 Å². The van der Waals surface area contributed by atoms with Crippen LogP contribution in [0, 0.1) is 22.7 Å². The molecule has 3 rings (SSSR count). The molecule has 13 heavy (non-hydrogen) atoms. The van der Waals surface area contributed by atoms with E-state index in [1.54, 1.807) is 6.92 Å². The second kappa shape index (κ2) is 2.02. The van der Waals surface area contributed by atoms with Crippen molar-refractivity contribution in [1.29, 1.82) is 0 Å². The van der Waals surface area contributed by atoms with E-state index in [-0.39, 0.29) is 0 Å². The Morgan fingerprint density at radius 2 is 2.31 bits per heavy atom. The van der Waals surface area contributed by atoms with E-state index in [0.717, 1.165) is 18.3 Å². The summed E-state index contributed by atoms with van der Waals surface area (Å²) < 4.78 is 0. The molecule has 0 aromatic carbocycles. The standard InChI is InChI=1S/C12H18O/c1-3-9-4-10-6-11(5-8(2)13)7-12(9,10)11/h9-10H,3-7H2,1-2H3. The van der Waals surface area contributed by atoms with E-state index < -0.39 is 0 Å². The quantitative estimate of drug-likeness (QED) is 0.649. The van der Waals surface area contributed by atoms with E-state index >= 15 is 0 Å². The Hall–Kier alpha value is -0.330. The fraction of sp³-hybridized carbons (Fsp3) is 0.917. The fourth-order valence-corrected chi connectivity index (χ4v) is 4.78. The Labute approximate surface area is 79.9 Å². The highest BCUT2D eigenvalue weighted by Crippen LogP contribution is 2.91. The molecular weight excluding hydrogens is 160 g/mol. The Bertz CT molecular complexity index is 283. The van der Waals surface area contributed by atoms with Crippen LogP contribution in [-0.2, 0) is 4.79 Å². The second-order valence-electron chi connectivity index (χ2n) is 5.62. The first-order valence-corrected chi connectivity index (χ1v) is 5.64. The molecule has 0 saturated heterocycles. The number of ketones is 1. The van der Waals surface area contributed by atoms with Crippen molar-refractivity contribution in [2.45, 2.75) is 46.0 Å². The molecule has 1 heteroatoms. The lowest BCUT2D eigenvalue weighted by atomic mass is 9.46. The summed E-state index contributed by atoms with van der Waals surface area (Å²) in [6.45, 7) is 4.07. The van der Waals surface area contributed by atoms with E-state index in [2.05, 4.69) is 6.92 Å². The first-order chi connectivity index (χ1) is 6.14. The second-order valence-corrected chi connectivity index (χ2v) is 5.62. The third-order valence-electron chi connectivity index (χ3n) is 5.24. The molecule has 1 spiro atoms. The topological polar surface area (TPSA) is 17.1 Å². The van der Waals surface area contributed by atoms with Crippen LogP contribution in [0.25, 0.3) is 0 Å². The molecule has 0 bridgehead atoms. The van der Waals surface area contributed by atoms with Crippen LogP contribution in [0.2, 0.25) is 0 Å². The summed E-state index contributed by atoms with van der Waals surface area (Å²) in [6.07, 6.45) is 6.47. The van der Waals surface area contributed by atoms with E-state index in [9.17, 15) is 4.79 Å². The summed E-state index contributed by atoms with van der Waals surface area (Å²) in [7, 11) is 0. The molecular formula is C12H18O. The van der Waals surface area contributed by atoms with Gasteiger partial charge in [0.05, 0.1) is 0 Å². The molecule has 1 nitrogen and oxygen atoms in total. The number of Topliss-reactive ketones (excluding diaryl/α,β-unsaturated/α-hetero) is 1. The minimum absolute atomic E-state index is 0.414. The zero-order valence-electron chi connectivity index (χ0n) is 8.60. The van der Waals surface area contributed by atoms with Gasteiger partial charge in [-0.05, 0) is 48.9 Å². The first-order valence-electron chi connectivity index (χ1n) is 5.64. The maximum atomic E-state index is 11.1. The van der Waals surface area contributed by atoms with Crippen LogP contribution < -0.4 is 0 Å². The minimum Gasteiger partial charge on any atom is -0.300 e. The molecule has 0 N–H and O–H groups in total. The zero-order chi connectivity index (χ0) is 9.27. The van der Waals surface area contributed by atoms with Gasteiger partial charge in [-0.3, -0.25) is 0 Å². The maximum Gasteiger partial charge on any atom is 0.130 e. The highest BCUT2D eigenvalue weighted by Gasteiger charge is 2.84. The molecule has 3 aliphatic carbocycles. The molecule has 0 aromatic heterocycles. The van der Waals surface area contributed by atoms with E-state index in [1.165, 1.54) is 25.7 Å². The molecule has 3 aliphatic rings. The summed E-state index contributed by atoms with van der Waals surface area (Å²) in [5.41, 5.74) is 1.23. The fourth-order valence-electron chi connectivity index (χ4n) is 4.78. The van der Waals surface area contributed by atoms with Crippen LogP contribution in [0.3, 0.4) is 0 Å². The Kier molecular flexibility index (Phi) is 1.24. The molecule has 0 aromatic rings. The monoisotopic (exact) mass is 178 g/mol. The van der Waals surface area contributed by atoms with Crippen molar-refractivity contribution in [3.63, 3.8) is 0 Å². The van der Waals surface area contributed by atoms with Gasteiger partial charge >= 0.3 is 0 Å². The van der Waals surface area contributed by atoms with E-state index in [4.69, 9.17) is 0 Å². The van der Waals surface area contributed by atoms with Gasteiger partial charge < -0.3 is 4.79 Å². The van der Waals surface area contributed by atoms with Crippen molar-refractivity contribution in [3.8, 4) is 0 Å². The predicted octanol–water partition coefficient (Wildman–Crippen LogP) is 2.79. The first kappa shape index (κ1) is 8.02. The van der Waals surface area contributed by atoms with Crippen molar-refractivity contribution in [3.05, 3.63) is 0 Å². The van der Waals surface area contributed by atoms with Gasteiger partial charge in [-0.15, -0.1) is 0 Å². The summed E-state index contributed by atoms with van der Waals surface area (Å²) in [6, 6.07) is 0. The van der Waals surface area contributed by atoms with Gasteiger partial charge in [0.1, 0.15) is 5.78 Å². The molecule has 4 atom stereocenters. The molecule has 3 saturated carbocycles. The Morgan fingerprint density at radius 3 is 2.85 bits per heavy atom. The van der Waals surface area contributed by atoms with Crippen LogP contribution >= 0.6 is 0 Å². The van der Waals surface area contributed by atoms with Gasteiger partial charge in [0.25, 0.3) is 0 Å². The van der Waals surface area contributed by atoms with Gasteiger partial charge in [0.2, 0.25) is 0 Å². The van der Waals surface area contributed by atoms with Crippen molar-refractivity contribution in [2.24, 2.45) is 22.7 Å². The molecule has 3 fully saturated rings. The summed E-state index contributed by atoms with van der Waals surface area (Å²) in [4.78, 5) is 11.1. The molecule has 0 heterocycles. The summed E-state index contributed by atoms with van der Waals surface area (Å²) in [5, 5.41) is 0. The summed E-state index contributed by atoms with van der Waals surface area (Å²) >= 11 is 0. The normalized spacial score (nSPS) is 55.5. The number of hydrogen-bond acceptors (Lipinski definition) is 1.